The number of nitro benzene ring substituents is 1. The van der Waals surface area contributed by atoms with Gasteiger partial charge in [-0.25, -0.2) is 0 Å². The van der Waals surface area contributed by atoms with Crippen LogP contribution in [-0.2, 0) is 6.42 Å². The van der Waals surface area contributed by atoms with Crippen molar-refractivity contribution in [3.8, 4) is 23.0 Å². The van der Waals surface area contributed by atoms with E-state index in [1.165, 1.54) is 20.3 Å². The molecule has 0 bridgehead atoms. The molecule has 0 N–H and O–H groups in total. The molecule has 0 aromatic heterocycles. The molecule has 0 saturated carbocycles. The van der Waals surface area contributed by atoms with Gasteiger partial charge in [0.05, 0.1) is 36.5 Å². The molecule has 0 fully saturated rings. The Balaban J connectivity index is 1.91. The minimum absolute atomic E-state index is 0.0908. The Morgan fingerprint density at radius 1 is 1.04 bits per heavy atom. The third kappa shape index (κ3) is 2.50. The number of ether oxygens (including phenoxy) is 4. The normalized spacial score (nSPS) is 14.5. The van der Waals surface area contributed by atoms with Crippen molar-refractivity contribution in [2.75, 3.05) is 27.6 Å². The van der Waals surface area contributed by atoms with Crippen LogP contribution in [0.1, 0.15) is 16.7 Å². The van der Waals surface area contributed by atoms with Crippen LogP contribution in [-0.4, -0.2) is 38.2 Å². The van der Waals surface area contributed by atoms with Gasteiger partial charge >= 0.3 is 0 Å². The van der Waals surface area contributed by atoms with Gasteiger partial charge in [0.25, 0.3) is 5.69 Å². The van der Waals surface area contributed by atoms with Crippen LogP contribution in [0.4, 0.5) is 5.69 Å². The number of rotatable bonds is 4. The molecule has 2 aliphatic heterocycles. The summed E-state index contributed by atoms with van der Waals surface area (Å²) in [5, 5.41) is 11.6. The van der Waals surface area contributed by atoms with Gasteiger partial charge in [-0.3, -0.25) is 15.1 Å². The zero-order valence-corrected chi connectivity index (χ0v) is 14.3. The summed E-state index contributed by atoms with van der Waals surface area (Å²) in [4.78, 5) is 15.8. The summed E-state index contributed by atoms with van der Waals surface area (Å²) in [6, 6.07) is 6.70. The lowest BCUT2D eigenvalue weighted by Gasteiger charge is -2.19. The molecule has 2 aromatic carbocycles. The fourth-order valence-corrected chi connectivity index (χ4v) is 3.22. The van der Waals surface area contributed by atoms with Gasteiger partial charge in [0.2, 0.25) is 6.79 Å². The summed E-state index contributed by atoms with van der Waals surface area (Å²) in [5.41, 5.74) is 2.65. The predicted molar refractivity (Wildman–Crippen MR) is 93.0 cm³/mol. The van der Waals surface area contributed by atoms with Crippen molar-refractivity contribution in [3.05, 3.63) is 51.1 Å². The van der Waals surface area contributed by atoms with Gasteiger partial charge in [0.1, 0.15) is 0 Å². The summed E-state index contributed by atoms with van der Waals surface area (Å²) in [6.45, 7) is 0.703. The summed E-state index contributed by atoms with van der Waals surface area (Å²) >= 11 is 0. The molecule has 8 nitrogen and oxygen atoms in total. The first-order valence-electron chi connectivity index (χ1n) is 8.00. The Kier molecular flexibility index (Phi) is 3.87. The fourth-order valence-electron chi connectivity index (χ4n) is 3.22. The maximum absolute atomic E-state index is 11.6. The van der Waals surface area contributed by atoms with Gasteiger partial charge in [0, 0.05) is 18.2 Å². The summed E-state index contributed by atoms with van der Waals surface area (Å²) in [6.07, 6.45) is 0.733. The van der Waals surface area contributed by atoms with E-state index in [1.807, 2.05) is 12.1 Å². The number of aliphatic imine (C=N–C) groups is 1. The molecule has 0 spiro atoms. The van der Waals surface area contributed by atoms with E-state index in [4.69, 9.17) is 18.9 Å². The van der Waals surface area contributed by atoms with E-state index in [2.05, 4.69) is 4.99 Å². The number of nitrogens with zero attached hydrogens (tertiary/aromatic N) is 2. The standard InChI is InChI=1S/C18H16N2O6/c1-23-14-7-12(13(20(21)22)8-15(14)24-2)18-11-6-17-16(25-9-26-17)5-10(11)3-4-19-18/h5-8H,3-4,9H2,1-2H3. The van der Waals surface area contributed by atoms with Crippen LogP contribution in [0.15, 0.2) is 29.3 Å². The highest BCUT2D eigenvalue weighted by Crippen LogP contribution is 2.40. The molecular formula is C18H16N2O6. The molecule has 0 amide bonds. The first-order chi connectivity index (χ1) is 12.6. The lowest BCUT2D eigenvalue weighted by Crippen LogP contribution is -2.16. The molecule has 4 rings (SSSR count). The number of nitro groups is 1. The van der Waals surface area contributed by atoms with Crippen LogP contribution >= 0.6 is 0 Å². The van der Waals surface area contributed by atoms with Gasteiger partial charge in [-0.1, -0.05) is 0 Å². The summed E-state index contributed by atoms with van der Waals surface area (Å²) in [5.74, 6) is 2.00. The molecule has 0 saturated heterocycles. The van der Waals surface area contributed by atoms with E-state index in [0.717, 1.165) is 17.5 Å². The lowest BCUT2D eigenvalue weighted by molar-refractivity contribution is -0.385. The van der Waals surface area contributed by atoms with E-state index >= 15 is 0 Å². The van der Waals surface area contributed by atoms with Gasteiger partial charge < -0.3 is 18.9 Å². The van der Waals surface area contributed by atoms with E-state index < -0.39 is 4.92 Å². The monoisotopic (exact) mass is 356 g/mol. The Hall–Kier alpha value is -3.29. The molecular weight excluding hydrogens is 340 g/mol. The minimum Gasteiger partial charge on any atom is -0.493 e. The van der Waals surface area contributed by atoms with Crippen LogP contribution in [0.2, 0.25) is 0 Å². The highest BCUT2D eigenvalue weighted by molar-refractivity contribution is 6.17. The van der Waals surface area contributed by atoms with Crippen molar-refractivity contribution >= 4 is 11.4 Å². The highest BCUT2D eigenvalue weighted by Gasteiger charge is 2.28. The molecule has 0 radical (unpaired) electrons. The SMILES string of the molecule is COc1cc(C2=NCCc3cc4c(cc32)OCO4)c([N+](=O)[O-])cc1OC. The smallest absolute Gasteiger partial charge is 0.282 e. The second-order valence-electron chi connectivity index (χ2n) is 5.82. The van der Waals surface area contributed by atoms with Gasteiger partial charge in [-0.2, -0.15) is 0 Å². The number of fused-ring (bicyclic) bond motifs is 2. The van der Waals surface area contributed by atoms with Crippen molar-refractivity contribution in [2.24, 2.45) is 4.99 Å². The van der Waals surface area contributed by atoms with Crippen LogP contribution in [0.3, 0.4) is 0 Å². The van der Waals surface area contributed by atoms with Crippen molar-refractivity contribution < 1.29 is 23.9 Å². The van der Waals surface area contributed by atoms with Gasteiger partial charge in [-0.15, -0.1) is 0 Å². The maximum atomic E-state index is 11.6. The molecule has 134 valence electrons. The molecule has 2 heterocycles. The van der Waals surface area contributed by atoms with Crippen LogP contribution in [0.5, 0.6) is 23.0 Å². The zero-order chi connectivity index (χ0) is 18.3. The second kappa shape index (κ2) is 6.21. The van der Waals surface area contributed by atoms with Crippen LogP contribution in [0.25, 0.3) is 0 Å². The third-order valence-corrected chi connectivity index (χ3v) is 4.46. The number of benzene rings is 2. The molecule has 0 aliphatic carbocycles. The van der Waals surface area contributed by atoms with E-state index in [1.54, 1.807) is 6.07 Å². The van der Waals surface area contributed by atoms with Crippen LogP contribution in [0, 0.1) is 10.1 Å². The quantitative estimate of drug-likeness (QED) is 0.618. The predicted octanol–water partition coefficient (Wildman–Crippen LogP) is 2.73. The fraction of sp³-hybridized carbons (Fsp3) is 0.278. The van der Waals surface area contributed by atoms with Crippen molar-refractivity contribution in [2.45, 2.75) is 6.42 Å². The van der Waals surface area contributed by atoms with E-state index in [0.29, 0.717) is 40.8 Å². The van der Waals surface area contributed by atoms with Crippen molar-refractivity contribution in [1.29, 1.82) is 0 Å². The number of methoxy groups -OCH3 is 2. The first-order valence-corrected chi connectivity index (χ1v) is 8.00. The van der Waals surface area contributed by atoms with E-state index in [-0.39, 0.29) is 12.5 Å². The summed E-state index contributed by atoms with van der Waals surface area (Å²) in [7, 11) is 2.93. The largest absolute Gasteiger partial charge is 0.493 e. The maximum Gasteiger partial charge on any atom is 0.282 e. The van der Waals surface area contributed by atoms with Gasteiger partial charge in [0.15, 0.2) is 23.0 Å². The minimum atomic E-state index is -0.443. The molecule has 0 atom stereocenters. The lowest BCUT2D eigenvalue weighted by atomic mass is 9.91. The van der Waals surface area contributed by atoms with E-state index in [9.17, 15) is 10.1 Å². The molecule has 0 unspecified atom stereocenters. The molecule has 8 heteroatoms. The zero-order valence-electron chi connectivity index (χ0n) is 14.3. The van der Waals surface area contributed by atoms with Crippen molar-refractivity contribution in [3.63, 3.8) is 0 Å². The molecule has 26 heavy (non-hydrogen) atoms. The average Bonchev–Trinajstić information content (AvgIpc) is 3.11. The Labute approximate surface area is 149 Å². The number of hydrogen-bond donors (Lipinski definition) is 0. The Bertz CT molecular complexity index is 938. The Morgan fingerprint density at radius 2 is 1.73 bits per heavy atom. The van der Waals surface area contributed by atoms with Gasteiger partial charge in [-0.05, 0) is 24.1 Å². The third-order valence-electron chi connectivity index (χ3n) is 4.46. The number of hydrogen-bond acceptors (Lipinski definition) is 7. The Morgan fingerprint density at radius 3 is 2.42 bits per heavy atom. The molecule has 2 aromatic rings. The second-order valence-corrected chi connectivity index (χ2v) is 5.82. The first kappa shape index (κ1) is 16.2. The molecule has 2 aliphatic rings. The highest BCUT2D eigenvalue weighted by atomic mass is 16.7. The summed E-state index contributed by atoms with van der Waals surface area (Å²) < 4.78 is 21.4. The average molecular weight is 356 g/mol. The van der Waals surface area contributed by atoms with Crippen molar-refractivity contribution in [1.82, 2.24) is 0 Å². The van der Waals surface area contributed by atoms with Crippen LogP contribution < -0.4 is 18.9 Å². The topological polar surface area (TPSA) is 92.4 Å².